The van der Waals surface area contributed by atoms with Gasteiger partial charge in [0.1, 0.15) is 33.3 Å². The van der Waals surface area contributed by atoms with Gasteiger partial charge in [-0.15, -0.1) is 22.7 Å². The summed E-state index contributed by atoms with van der Waals surface area (Å²) in [7, 11) is 0. The Bertz CT molecular complexity index is 1620. The van der Waals surface area contributed by atoms with Crippen LogP contribution in [0.4, 0.5) is 5.82 Å². The lowest BCUT2D eigenvalue weighted by Crippen LogP contribution is -2.08. The maximum atomic E-state index is 5.75. The Balaban J connectivity index is 0.000000228. The van der Waals surface area contributed by atoms with Crippen LogP contribution in [0.2, 0.25) is 5.15 Å². The van der Waals surface area contributed by atoms with Gasteiger partial charge in [-0.2, -0.15) is 0 Å². The number of hydrogen-bond donors (Lipinski definition) is 2. The zero-order valence-electron chi connectivity index (χ0n) is 21.1. The minimum absolute atomic E-state index is 0. The van der Waals surface area contributed by atoms with E-state index in [1.165, 1.54) is 17.5 Å². The molecule has 216 valence electrons. The standard InChI is InChI=1S/C14H12BrN3S.C8H10BrN.C6H3ClN2S.2CH4/c1-9(10-2-4-11(15)5-3-10)18-13-12-6-7-19-14(12)17-8-16-13;1-6(10)7-2-4-8(9)5-3-7;7-5-4-1-2-10-6(4)9-3-8-5;;/h2-9H,1H3,(H,16,17,18);2-6H,10H2,1H3;1-3H;2*1H4. The van der Waals surface area contributed by atoms with Crippen LogP contribution in [0, 0.1) is 0 Å². The molecule has 0 radical (unpaired) electrons. The van der Waals surface area contributed by atoms with Crippen molar-refractivity contribution in [1.29, 1.82) is 0 Å². The van der Waals surface area contributed by atoms with Crippen LogP contribution in [0.3, 0.4) is 0 Å². The van der Waals surface area contributed by atoms with E-state index in [1.807, 2.05) is 60.1 Å². The molecule has 0 spiro atoms. The zero-order chi connectivity index (χ0) is 27.8. The molecule has 6 rings (SSSR count). The molecular weight excluding hydrogens is 704 g/mol. The number of nitrogens with zero attached hydrogens (tertiary/aromatic N) is 4. The highest BCUT2D eigenvalue weighted by atomic mass is 79.9. The van der Waals surface area contributed by atoms with Gasteiger partial charge >= 0.3 is 0 Å². The van der Waals surface area contributed by atoms with Gasteiger partial charge in [-0.1, -0.05) is 82.6 Å². The van der Waals surface area contributed by atoms with E-state index in [1.54, 1.807) is 29.0 Å². The highest BCUT2D eigenvalue weighted by Crippen LogP contribution is 2.27. The van der Waals surface area contributed by atoms with Crippen LogP contribution in [-0.4, -0.2) is 19.9 Å². The molecule has 6 nitrogen and oxygen atoms in total. The first kappa shape index (κ1) is 34.7. The maximum Gasteiger partial charge on any atom is 0.141 e. The molecule has 2 atom stereocenters. The number of halogens is 3. The Morgan fingerprint density at radius 2 is 1.20 bits per heavy atom. The molecule has 2 unspecified atom stereocenters. The largest absolute Gasteiger partial charge is 0.363 e. The molecule has 4 aromatic heterocycles. The van der Waals surface area contributed by atoms with Crippen LogP contribution in [-0.2, 0) is 0 Å². The second kappa shape index (κ2) is 16.8. The fourth-order valence-corrected chi connectivity index (χ4v) is 5.72. The van der Waals surface area contributed by atoms with Gasteiger partial charge in [-0.25, -0.2) is 19.9 Å². The molecule has 0 amide bonds. The molecule has 0 aliphatic heterocycles. The quantitative estimate of drug-likeness (QED) is 0.175. The van der Waals surface area contributed by atoms with Crippen LogP contribution < -0.4 is 11.1 Å². The number of anilines is 1. The third-order valence-corrected chi connectivity index (χ3v) is 8.59. The van der Waals surface area contributed by atoms with Crippen molar-refractivity contribution in [2.75, 3.05) is 5.32 Å². The van der Waals surface area contributed by atoms with Gasteiger partial charge in [0.2, 0.25) is 0 Å². The second-order valence-corrected chi connectivity index (χ2v) is 12.4. The Hall–Kier alpha value is -2.47. The van der Waals surface area contributed by atoms with Crippen LogP contribution >= 0.6 is 66.1 Å². The van der Waals surface area contributed by atoms with Gasteiger partial charge in [0, 0.05) is 26.4 Å². The second-order valence-electron chi connectivity index (χ2n) is 8.42. The number of fused-ring (bicyclic) bond motifs is 2. The summed E-state index contributed by atoms with van der Waals surface area (Å²) in [5.74, 6) is 0.890. The minimum Gasteiger partial charge on any atom is -0.363 e. The van der Waals surface area contributed by atoms with E-state index in [-0.39, 0.29) is 26.9 Å². The van der Waals surface area contributed by atoms with Crippen LogP contribution in [0.1, 0.15) is 51.9 Å². The first-order valence-electron chi connectivity index (χ1n) is 11.9. The van der Waals surface area contributed by atoms with Crippen molar-refractivity contribution in [2.45, 2.75) is 40.8 Å². The Labute approximate surface area is 271 Å². The fraction of sp³-hybridized carbons (Fsp3) is 0.200. The highest BCUT2D eigenvalue weighted by Gasteiger charge is 2.09. The number of hydrogen-bond acceptors (Lipinski definition) is 8. The minimum atomic E-state index is 0. The molecule has 0 saturated heterocycles. The fourth-order valence-electron chi connectivity index (χ4n) is 3.47. The third kappa shape index (κ3) is 9.80. The molecule has 3 N–H and O–H groups in total. The maximum absolute atomic E-state index is 5.75. The molecule has 0 bridgehead atoms. The Morgan fingerprint density at radius 1 is 0.707 bits per heavy atom. The number of benzene rings is 2. The molecule has 2 aromatic carbocycles. The molecule has 6 aromatic rings. The van der Waals surface area contributed by atoms with E-state index in [0.717, 1.165) is 35.2 Å². The van der Waals surface area contributed by atoms with E-state index >= 15 is 0 Å². The third-order valence-electron chi connectivity index (χ3n) is 5.59. The summed E-state index contributed by atoms with van der Waals surface area (Å²) < 4.78 is 2.18. The van der Waals surface area contributed by atoms with Gasteiger partial charge < -0.3 is 11.1 Å². The van der Waals surface area contributed by atoms with Crippen molar-refractivity contribution >= 4 is 92.4 Å². The number of nitrogens with two attached hydrogens (primary N) is 1. The average Bonchev–Trinajstić information content (AvgIpc) is 3.61. The van der Waals surface area contributed by atoms with Gasteiger partial charge in [-0.05, 0) is 72.1 Å². The average molecular weight is 737 g/mol. The SMILES string of the molecule is C.C.CC(N)c1ccc(Br)cc1.CC(Nc1ncnc2sccc12)c1ccc(Br)cc1.Clc1ncnc2sccc12. The van der Waals surface area contributed by atoms with Gasteiger partial charge in [0.15, 0.2) is 0 Å². The Kier molecular flexibility index (Phi) is 14.3. The van der Waals surface area contributed by atoms with Gasteiger partial charge in [0.25, 0.3) is 0 Å². The van der Waals surface area contributed by atoms with Crippen molar-refractivity contribution in [3.8, 4) is 0 Å². The van der Waals surface area contributed by atoms with Gasteiger partial charge in [-0.3, -0.25) is 0 Å². The first-order chi connectivity index (χ1) is 18.8. The van der Waals surface area contributed by atoms with Crippen molar-refractivity contribution in [3.05, 3.63) is 109 Å². The Morgan fingerprint density at radius 3 is 1.73 bits per heavy atom. The summed E-state index contributed by atoms with van der Waals surface area (Å²) in [5, 5.41) is 9.99. The highest BCUT2D eigenvalue weighted by molar-refractivity contribution is 9.10. The van der Waals surface area contributed by atoms with Crippen molar-refractivity contribution in [1.82, 2.24) is 19.9 Å². The van der Waals surface area contributed by atoms with Crippen LogP contribution in [0.25, 0.3) is 20.4 Å². The predicted octanol–water partition coefficient (Wildman–Crippen LogP) is 10.7. The lowest BCUT2D eigenvalue weighted by atomic mass is 10.1. The number of aromatic nitrogens is 4. The van der Waals surface area contributed by atoms with Crippen LogP contribution in [0.5, 0.6) is 0 Å². The van der Waals surface area contributed by atoms with E-state index in [0.29, 0.717) is 5.15 Å². The molecule has 0 aliphatic rings. The monoisotopic (exact) mass is 734 g/mol. The van der Waals surface area contributed by atoms with E-state index in [9.17, 15) is 0 Å². The number of rotatable bonds is 4. The topological polar surface area (TPSA) is 89.6 Å². The first-order valence-corrected chi connectivity index (χ1v) is 15.6. The summed E-state index contributed by atoms with van der Waals surface area (Å²) in [4.78, 5) is 18.4. The summed E-state index contributed by atoms with van der Waals surface area (Å²) in [6.45, 7) is 4.10. The number of nitrogens with one attached hydrogen (secondary N) is 1. The van der Waals surface area contributed by atoms with Crippen LogP contribution in [0.15, 0.2) is 93.0 Å². The van der Waals surface area contributed by atoms with E-state index in [2.05, 4.69) is 82.2 Å². The summed E-state index contributed by atoms with van der Waals surface area (Å²) in [6, 6.07) is 20.7. The lowest BCUT2D eigenvalue weighted by molar-refractivity contribution is 0.818. The molecule has 0 aliphatic carbocycles. The lowest BCUT2D eigenvalue weighted by Gasteiger charge is -2.15. The smallest absolute Gasteiger partial charge is 0.141 e. The summed E-state index contributed by atoms with van der Waals surface area (Å²) >= 11 is 15.8. The molecule has 0 fully saturated rings. The summed E-state index contributed by atoms with van der Waals surface area (Å²) in [6.07, 6.45) is 3.08. The van der Waals surface area contributed by atoms with Crippen molar-refractivity contribution in [3.63, 3.8) is 0 Å². The van der Waals surface area contributed by atoms with E-state index < -0.39 is 0 Å². The van der Waals surface area contributed by atoms with Crippen molar-refractivity contribution < 1.29 is 0 Å². The zero-order valence-corrected chi connectivity index (χ0v) is 26.6. The molecule has 0 saturated carbocycles. The van der Waals surface area contributed by atoms with E-state index in [4.69, 9.17) is 17.3 Å². The van der Waals surface area contributed by atoms with Crippen molar-refractivity contribution in [2.24, 2.45) is 5.73 Å². The molecule has 11 heteroatoms. The molecule has 4 heterocycles. The molecule has 41 heavy (non-hydrogen) atoms. The predicted molar refractivity (Wildman–Crippen MR) is 186 cm³/mol. The van der Waals surface area contributed by atoms with Gasteiger partial charge in [0.05, 0.1) is 5.39 Å². The normalized spacial score (nSPS) is 11.6. The molecular formula is C30H33Br2ClN6S2. The summed E-state index contributed by atoms with van der Waals surface area (Å²) in [5.41, 5.74) is 8.05. The number of thiophene rings is 2.